The van der Waals surface area contributed by atoms with E-state index in [0.717, 1.165) is 12.8 Å². The molecule has 37 heavy (non-hydrogen) atoms. The molecule has 0 unspecified atom stereocenters. The van der Waals surface area contributed by atoms with Crippen LogP contribution in [-0.4, -0.2) is 89.8 Å². The molecule has 2 amide bonds. The number of benzene rings is 1. The van der Waals surface area contributed by atoms with E-state index < -0.39 is 30.1 Å². The minimum Gasteiger partial charge on any atom is -0.493 e. The molecule has 0 saturated carbocycles. The number of nitrogens with one attached hydrogen (secondary N) is 1. The average molecular weight is 517 g/mol. The molecule has 1 saturated heterocycles. The van der Waals surface area contributed by atoms with E-state index in [0.29, 0.717) is 41.2 Å². The van der Waals surface area contributed by atoms with Crippen LogP contribution < -0.4 is 14.8 Å². The number of hydrogen-bond donors (Lipinski definition) is 4. The van der Waals surface area contributed by atoms with Crippen molar-refractivity contribution in [3.63, 3.8) is 0 Å². The van der Waals surface area contributed by atoms with Gasteiger partial charge < -0.3 is 39.7 Å². The van der Waals surface area contributed by atoms with Gasteiger partial charge in [0.2, 0.25) is 11.8 Å². The third-order valence-electron chi connectivity index (χ3n) is 7.16. The van der Waals surface area contributed by atoms with E-state index in [2.05, 4.69) is 11.9 Å². The number of methoxy groups -OCH3 is 1. The third-order valence-corrected chi connectivity index (χ3v) is 7.16. The summed E-state index contributed by atoms with van der Waals surface area (Å²) in [5.74, 6) is -0.499. The number of amides is 2. The summed E-state index contributed by atoms with van der Waals surface area (Å²) in [7, 11) is 1.48. The lowest BCUT2D eigenvalue weighted by molar-refractivity contribution is -0.139. The van der Waals surface area contributed by atoms with Crippen molar-refractivity contribution in [3.05, 3.63) is 47.6 Å². The molecule has 10 nitrogen and oxygen atoms in total. The van der Waals surface area contributed by atoms with Crippen molar-refractivity contribution >= 4 is 11.8 Å². The number of allylic oxidation sites excluding steroid dienone is 1. The maximum absolute atomic E-state index is 13.3. The molecule has 1 aromatic rings. The Morgan fingerprint density at radius 3 is 2.78 bits per heavy atom. The van der Waals surface area contributed by atoms with E-state index in [-0.39, 0.29) is 44.7 Å². The number of aliphatic hydroxyl groups excluding tert-OH is 3. The predicted octanol–water partition coefficient (Wildman–Crippen LogP) is 0.784. The van der Waals surface area contributed by atoms with Crippen LogP contribution in [-0.2, 0) is 20.9 Å². The Morgan fingerprint density at radius 1 is 1.32 bits per heavy atom. The molecule has 4 rings (SSSR count). The average Bonchev–Trinajstić information content (AvgIpc) is 3.57. The summed E-state index contributed by atoms with van der Waals surface area (Å²) >= 11 is 0. The Balaban J connectivity index is 1.77. The van der Waals surface area contributed by atoms with Gasteiger partial charge in [0.25, 0.3) is 0 Å². The van der Waals surface area contributed by atoms with E-state index in [1.807, 2.05) is 0 Å². The molecule has 1 aromatic carbocycles. The largest absolute Gasteiger partial charge is 0.493 e. The van der Waals surface area contributed by atoms with Gasteiger partial charge in [-0.1, -0.05) is 6.08 Å². The van der Waals surface area contributed by atoms with Gasteiger partial charge in [-0.15, -0.1) is 6.58 Å². The van der Waals surface area contributed by atoms with Gasteiger partial charge in [0, 0.05) is 37.3 Å². The molecule has 2 heterocycles. The number of rotatable bonds is 11. The molecule has 0 spiro atoms. The standard InChI is InChI=1S/C27H36N2O8/c1-3-4-7-22(32)29(14-17-6-5-10-36-17)20-13-19(27(34)28-8-9-30)23-18-11-16(15-31)12-21(35-2)25(18)37-26(23)24(20)33/h3,11-13,17,20,23-24,26,30-31,33H,1,4-10,14-15H2,2H3,(H,28,34)/t17-,20+,23-,24-,26-/m0/s1. The Morgan fingerprint density at radius 2 is 2.14 bits per heavy atom. The Hall–Kier alpha value is -2.92. The number of hydrogen-bond acceptors (Lipinski definition) is 8. The summed E-state index contributed by atoms with van der Waals surface area (Å²) in [6.07, 6.45) is 3.51. The summed E-state index contributed by atoms with van der Waals surface area (Å²) in [5.41, 5.74) is 1.50. The van der Waals surface area contributed by atoms with Crippen LogP contribution in [0.5, 0.6) is 11.5 Å². The zero-order valence-corrected chi connectivity index (χ0v) is 21.1. The Labute approximate surface area is 216 Å². The highest BCUT2D eigenvalue weighted by molar-refractivity contribution is 5.96. The summed E-state index contributed by atoms with van der Waals surface area (Å²) in [6.45, 7) is 4.17. The second kappa shape index (κ2) is 12.1. The van der Waals surface area contributed by atoms with Crippen molar-refractivity contribution in [2.24, 2.45) is 0 Å². The molecule has 0 radical (unpaired) electrons. The first-order valence-electron chi connectivity index (χ1n) is 12.7. The van der Waals surface area contributed by atoms with Gasteiger partial charge in [0.15, 0.2) is 11.5 Å². The maximum atomic E-state index is 13.3. The van der Waals surface area contributed by atoms with Crippen LogP contribution in [0, 0.1) is 0 Å². The summed E-state index contributed by atoms with van der Waals surface area (Å²) in [5, 5.41) is 33.4. The normalized spacial score (nSPS) is 25.9. The van der Waals surface area contributed by atoms with Gasteiger partial charge in [-0.05, 0) is 43.0 Å². The van der Waals surface area contributed by atoms with Crippen LogP contribution in [0.25, 0.3) is 0 Å². The van der Waals surface area contributed by atoms with Crippen LogP contribution in [0.2, 0.25) is 0 Å². The highest BCUT2D eigenvalue weighted by Gasteiger charge is 2.51. The zero-order valence-electron chi connectivity index (χ0n) is 21.1. The lowest BCUT2D eigenvalue weighted by atomic mass is 9.77. The van der Waals surface area contributed by atoms with Crippen molar-refractivity contribution in [1.29, 1.82) is 0 Å². The lowest BCUT2D eigenvalue weighted by Crippen LogP contribution is -2.57. The minimum absolute atomic E-state index is 0.0480. The molecule has 2 aliphatic heterocycles. The molecule has 5 atom stereocenters. The lowest BCUT2D eigenvalue weighted by Gasteiger charge is -2.41. The van der Waals surface area contributed by atoms with Crippen LogP contribution in [0.15, 0.2) is 36.4 Å². The van der Waals surface area contributed by atoms with Gasteiger partial charge in [-0.3, -0.25) is 9.59 Å². The number of carbonyl (C=O) groups excluding carboxylic acids is 2. The van der Waals surface area contributed by atoms with Gasteiger partial charge in [-0.25, -0.2) is 0 Å². The second-order valence-electron chi connectivity index (χ2n) is 9.53. The van der Waals surface area contributed by atoms with Crippen LogP contribution in [0.4, 0.5) is 0 Å². The highest BCUT2D eigenvalue weighted by atomic mass is 16.5. The highest BCUT2D eigenvalue weighted by Crippen LogP contribution is 2.51. The van der Waals surface area contributed by atoms with E-state index in [4.69, 9.17) is 14.2 Å². The number of nitrogens with zero attached hydrogens (tertiary/aromatic N) is 1. The van der Waals surface area contributed by atoms with Gasteiger partial charge >= 0.3 is 0 Å². The summed E-state index contributed by atoms with van der Waals surface area (Å²) in [6, 6.07) is 2.55. The number of carbonyl (C=O) groups is 2. The molecule has 3 aliphatic rings. The van der Waals surface area contributed by atoms with E-state index in [1.54, 1.807) is 29.2 Å². The smallest absolute Gasteiger partial charge is 0.247 e. The first-order chi connectivity index (χ1) is 17.9. The van der Waals surface area contributed by atoms with Crippen LogP contribution in [0.3, 0.4) is 0 Å². The number of aliphatic hydroxyl groups is 3. The van der Waals surface area contributed by atoms with Gasteiger partial charge in [0.05, 0.1) is 38.4 Å². The van der Waals surface area contributed by atoms with Crippen LogP contribution in [0.1, 0.15) is 42.7 Å². The van der Waals surface area contributed by atoms with Crippen LogP contribution >= 0.6 is 0 Å². The minimum atomic E-state index is -1.15. The zero-order chi connectivity index (χ0) is 26.5. The molecule has 4 N–H and O–H groups in total. The Bertz CT molecular complexity index is 1040. The SMILES string of the molecule is C=CCCC(=O)N(C[C@@H]1CCCO1)[C@@H]1C=C(C(=O)NCCO)[C@@H]2c3cc(CO)cc(OC)c3O[C@@H]2[C@H]1O. The van der Waals surface area contributed by atoms with E-state index in [1.165, 1.54) is 7.11 Å². The molecular weight excluding hydrogens is 480 g/mol. The Kier molecular flexibility index (Phi) is 8.86. The molecule has 10 heteroatoms. The first-order valence-corrected chi connectivity index (χ1v) is 12.7. The monoisotopic (exact) mass is 516 g/mol. The number of ether oxygens (including phenoxy) is 3. The van der Waals surface area contributed by atoms with Gasteiger partial charge in [0.1, 0.15) is 12.2 Å². The molecule has 202 valence electrons. The molecule has 1 aliphatic carbocycles. The maximum Gasteiger partial charge on any atom is 0.247 e. The van der Waals surface area contributed by atoms with Crippen molar-refractivity contribution in [2.45, 2.75) is 62.6 Å². The predicted molar refractivity (Wildman–Crippen MR) is 134 cm³/mol. The third kappa shape index (κ3) is 5.52. The molecular formula is C27H36N2O8. The topological polar surface area (TPSA) is 138 Å². The van der Waals surface area contributed by atoms with Crippen molar-refractivity contribution in [1.82, 2.24) is 10.2 Å². The summed E-state index contributed by atoms with van der Waals surface area (Å²) < 4.78 is 17.5. The fourth-order valence-electron chi connectivity index (χ4n) is 5.39. The second-order valence-corrected chi connectivity index (χ2v) is 9.53. The fourth-order valence-corrected chi connectivity index (χ4v) is 5.39. The van der Waals surface area contributed by atoms with Crippen molar-refractivity contribution in [2.75, 3.05) is 33.4 Å². The van der Waals surface area contributed by atoms with Crippen molar-refractivity contribution in [3.8, 4) is 11.5 Å². The van der Waals surface area contributed by atoms with Crippen molar-refractivity contribution < 1.29 is 39.1 Å². The molecule has 1 fully saturated rings. The number of fused-ring (bicyclic) bond motifs is 3. The quantitative estimate of drug-likeness (QED) is 0.317. The fraction of sp³-hybridized carbons (Fsp3) is 0.556. The van der Waals surface area contributed by atoms with Gasteiger partial charge in [-0.2, -0.15) is 0 Å². The first kappa shape index (κ1) is 27.1. The van der Waals surface area contributed by atoms with E-state index >= 15 is 0 Å². The molecule has 0 bridgehead atoms. The van der Waals surface area contributed by atoms with E-state index in [9.17, 15) is 24.9 Å². The molecule has 0 aromatic heterocycles. The summed E-state index contributed by atoms with van der Waals surface area (Å²) in [4.78, 5) is 28.3.